The maximum Gasteiger partial charge on any atom is 0.0446 e. The molecule has 0 aromatic rings. The van der Waals surface area contributed by atoms with Crippen LogP contribution < -0.4 is 5.73 Å². The number of rotatable bonds is 3. The Balaban J connectivity index is 2.83. The summed E-state index contributed by atoms with van der Waals surface area (Å²) in [5.41, 5.74) is 5.35. The van der Waals surface area contributed by atoms with Crippen LogP contribution in [0.4, 0.5) is 0 Å². The average molecular weight is 121 g/mol. The summed E-state index contributed by atoms with van der Waals surface area (Å²) in [4.78, 5) is 0. The Morgan fingerprint density at radius 1 is 1.71 bits per heavy atom. The predicted molar refractivity (Wildman–Crippen MR) is 33.5 cm³/mol. The molecule has 0 saturated heterocycles. The third-order valence-electron chi connectivity index (χ3n) is 0.734. The first-order valence-electron chi connectivity index (χ1n) is 2.28. The van der Waals surface area contributed by atoms with E-state index < -0.39 is 0 Å². The molecule has 2 nitrogen and oxygen atoms in total. The Hall–Kier alpha value is 0.270. The fourth-order valence-corrected chi connectivity index (χ4v) is 0.440. The molecule has 1 atom stereocenters. The molecule has 0 rings (SSSR count). The number of nitrogens with two attached hydrogens (primary N) is 1. The van der Waals surface area contributed by atoms with Gasteiger partial charge in [0.15, 0.2) is 0 Å². The van der Waals surface area contributed by atoms with Crippen molar-refractivity contribution < 1.29 is 5.11 Å². The van der Waals surface area contributed by atoms with Crippen molar-refractivity contribution in [1.29, 1.82) is 0 Å². The van der Waals surface area contributed by atoms with Gasteiger partial charge in [0.25, 0.3) is 0 Å². The van der Waals surface area contributed by atoms with E-state index in [1.54, 1.807) is 0 Å². The standard InChI is InChI=1S/C4H11NOS/c5-4(3-7)1-2-6/h4,6-7H,1-3,5H2/t4-/m1/s1. The second kappa shape index (κ2) is 4.43. The number of hydrogen-bond acceptors (Lipinski definition) is 3. The van der Waals surface area contributed by atoms with Crippen molar-refractivity contribution in [3.63, 3.8) is 0 Å². The van der Waals surface area contributed by atoms with Crippen molar-refractivity contribution in [3.05, 3.63) is 0 Å². The lowest BCUT2D eigenvalue weighted by Gasteiger charge is -2.02. The van der Waals surface area contributed by atoms with E-state index in [1.807, 2.05) is 0 Å². The fraction of sp³-hybridized carbons (Fsp3) is 1.00. The molecule has 0 amide bonds. The maximum atomic E-state index is 8.25. The molecule has 0 heterocycles. The van der Waals surface area contributed by atoms with Crippen LogP contribution in [0.3, 0.4) is 0 Å². The SMILES string of the molecule is N[C@@H](CS)CCO. The minimum Gasteiger partial charge on any atom is -0.396 e. The smallest absolute Gasteiger partial charge is 0.0446 e. The minimum atomic E-state index is 0.0633. The molecule has 3 N–H and O–H groups in total. The van der Waals surface area contributed by atoms with E-state index in [-0.39, 0.29) is 12.6 Å². The molecule has 0 aromatic carbocycles. The van der Waals surface area contributed by atoms with Crippen LogP contribution in [0.5, 0.6) is 0 Å². The minimum absolute atomic E-state index is 0.0633. The van der Waals surface area contributed by atoms with Crippen molar-refractivity contribution in [2.24, 2.45) is 5.73 Å². The van der Waals surface area contributed by atoms with Crippen molar-refractivity contribution in [2.75, 3.05) is 12.4 Å². The summed E-state index contributed by atoms with van der Waals surface area (Å²) in [7, 11) is 0. The molecule has 0 aliphatic rings. The summed E-state index contributed by atoms with van der Waals surface area (Å²) in [6.45, 7) is 0.168. The van der Waals surface area contributed by atoms with Gasteiger partial charge < -0.3 is 10.8 Å². The van der Waals surface area contributed by atoms with Crippen molar-refractivity contribution in [2.45, 2.75) is 12.5 Å². The molecular formula is C4H11NOS. The van der Waals surface area contributed by atoms with E-state index in [9.17, 15) is 0 Å². The lowest BCUT2D eigenvalue weighted by atomic mass is 10.3. The van der Waals surface area contributed by atoms with Crippen LogP contribution in [-0.2, 0) is 0 Å². The van der Waals surface area contributed by atoms with Gasteiger partial charge in [-0.05, 0) is 6.42 Å². The van der Waals surface area contributed by atoms with Crippen LogP contribution in [0.25, 0.3) is 0 Å². The molecule has 44 valence electrons. The van der Waals surface area contributed by atoms with Gasteiger partial charge in [0.05, 0.1) is 0 Å². The lowest BCUT2D eigenvalue weighted by molar-refractivity contribution is 0.280. The van der Waals surface area contributed by atoms with Gasteiger partial charge >= 0.3 is 0 Å². The summed E-state index contributed by atoms with van der Waals surface area (Å²) < 4.78 is 0. The summed E-state index contributed by atoms with van der Waals surface area (Å²) >= 11 is 3.91. The van der Waals surface area contributed by atoms with E-state index in [2.05, 4.69) is 12.6 Å². The highest BCUT2D eigenvalue weighted by atomic mass is 32.1. The highest BCUT2D eigenvalue weighted by molar-refractivity contribution is 7.80. The van der Waals surface area contributed by atoms with Crippen LogP contribution in [0.2, 0.25) is 0 Å². The number of aliphatic hydroxyl groups excluding tert-OH is 1. The number of aliphatic hydroxyl groups is 1. The zero-order valence-electron chi connectivity index (χ0n) is 4.17. The molecule has 0 aromatic heterocycles. The van der Waals surface area contributed by atoms with Crippen LogP contribution in [0.1, 0.15) is 6.42 Å². The highest BCUT2D eigenvalue weighted by Crippen LogP contribution is 1.87. The second-order valence-electron chi connectivity index (χ2n) is 1.45. The van der Waals surface area contributed by atoms with E-state index >= 15 is 0 Å². The molecule has 0 unspecified atom stereocenters. The normalized spacial score (nSPS) is 14.1. The van der Waals surface area contributed by atoms with Gasteiger partial charge in [0, 0.05) is 18.4 Å². The Morgan fingerprint density at radius 3 is 2.43 bits per heavy atom. The molecule has 0 bridgehead atoms. The highest BCUT2D eigenvalue weighted by Gasteiger charge is 1.94. The number of thiol groups is 1. The van der Waals surface area contributed by atoms with Crippen LogP contribution >= 0.6 is 12.6 Å². The zero-order chi connectivity index (χ0) is 5.70. The third-order valence-corrected chi connectivity index (χ3v) is 1.20. The molecule has 0 spiro atoms. The predicted octanol–water partition coefficient (Wildman–Crippen LogP) is -0.374. The number of hydrogen-bond donors (Lipinski definition) is 3. The van der Waals surface area contributed by atoms with Crippen LogP contribution in [0.15, 0.2) is 0 Å². The quantitative estimate of drug-likeness (QED) is 0.446. The van der Waals surface area contributed by atoms with E-state index in [0.29, 0.717) is 12.2 Å². The van der Waals surface area contributed by atoms with Crippen LogP contribution in [-0.4, -0.2) is 23.5 Å². The zero-order valence-corrected chi connectivity index (χ0v) is 5.06. The van der Waals surface area contributed by atoms with Crippen molar-refractivity contribution in [1.82, 2.24) is 0 Å². The van der Waals surface area contributed by atoms with Gasteiger partial charge in [-0.2, -0.15) is 12.6 Å². The van der Waals surface area contributed by atoms with Gasteiger partial charge in [0.1, 0.15) is 0 Å². The van der Waals surface area contributed by atoms with E-state index in [4.69, 9.17) is 10.8 Å². The Labute approximate surface area is 49.1 Å². The Bertz CT molecular complexity index is 42.7. The third kappa shape index (κ3) is 4.12. The first-order chi connectivity index (χ1) is 3.31. The monoisotopic (exact) mass is 121 g/mol. The molecule has 0 saturated carbocycles. The first kappa shape index (κ1) is 7.27. The summed E-state index contributed by atoms with van der Waals surface area (Å²) in [6.07, 6.45) is 0.656. The fourth-order valence-electron chi connectivity index (χ4n) is 0.257. The van der Waals surface area contributed by atoms with Gasteiger partial charge in [-0.3, -0.25) is 0 Å². The Morgan fingerprint density at radius 2 is 2.29 bits per heavy atom. The summed E-state index contributed by atoms with van der Waals surface area (Å²) in [5.74, 6) is 0.653. The molecule has 0 fully saturated rings. The molecule has 7 heavy (non-hydrogen) atoms. The topological polar surface area (TPSA) is 46.2 Å². The first-order valence-corrected chi connectivity index (χ1v) is 2.91. The van der Waals surface area contributed by atoms with E-state index in [1.165, 1.54) is 0 Å². The summed E-state index contributed by atoms with van der Waals surface area (Å²) in [5, 5.41) is 8.25. The average Bonchev–Trinajstić information content (AvgIpc) is 1.68. The van der Waals surface area contributed by atoms with Gasteiger partial charge in [-0.1, -0.05) is 0 Å². The largest absolute Gasteiger partial charge is 0.396 e. The van der Waals surface area contributed by atoms with Crippen molar-refractivity contribution >= 4 is 12.6 Å². The molecular weight excluding hydrogens is 110 g/mol. The maximum absolute atomic E-state index is 8.25. The molecule has 0 aliphatic carbocycles. The van der Waals surface area contributed by atoms with Crippen LogP contribution in [0, 0.1) is 0 Å². The lowest BCUT2D eigenvalue weighted by Crippen LogP contribution is -2.22. The van der Waals surface area contributed by atoms with E-state index in [0.717, 1.165) is 0 Å². The van der Waals surface area contributed by atoms with Gasteiger partial charge in [-0.15, -0.1) is 0 Å². The molecule has 0 radical (unpaired) electrons. The van der Waals surface area contributed by atoms with Crippen molar-refractivity contribution in [3.8, 4) is 0 Å². The van der Waals surface area contributed by atoms with Gasteiger partial charge in [-0.25, -0.2) is 0 Å². The second-order valence-corrected chi connectivity index (χ2v) is 1.82. The summed E-state index contributed by atoms with van der Waals surface area (Å²) in [6, 6.07) is 0.0633. The molecule has 3 heteroatoms. The Kier molecular flexibility index (Phi) is 4.60. The molecule has 0 aliphatic heterocycles. The van der Waals surface area contributed by atoms with Gasteiger partial charge in [0.2, 0.25) is 0 Å².